The number of methoxy groups -OCH3 is 1. The zero-order chi connectivity index (χ0) is 23.3. The molecule has 0 radical (unpaired) electrons. The Morgan fingerprint density at radius 3 is 2.72 bits per heavy atom. The minimum absolute atomic E-state index is 0.0766. The highest BCUT2D eigenvalue weighted by Gasteiger charge is 2.36. The molecule has 32 heavy (non-hydrogen) atoms. The molecular weight excluding hydrogens is 444 g/mol. The molecule has 3 rings (SSSR count). The van der Waals surface area contributed by atoms with Gasteiger partial charge in [-0.2, -0.15) is 0 Å². The van der Waals surface area contributed by atoms with Crippen LogP contribution < -0.4 is 14.8 Å². The normalized spacial score (nSPS) is 15.0. The summed E-state index contributed by atoms with van der Waals surface area (Å²) >= 11 is 6.26. The van der Waals surface area contributed by atoms with Gasteiger partial charge in [0.05, 0.1) is 31.5 Å². The van der Waals surface area contributed by atoms with Crippen LogP contribution in [0.3, 0.4) is 0 Å². The number of nitrogens with zero attached hydrogens (tertiary/aromatic N) is 1. The van der Waals surface area contributed by atoms with E-state index >= 15 is 0 Å². The number of barbiturate groups is 1. The van der Waals surface area contributed by atoms with Crippen LogP contribution in [0.4, 0.5) is 4.79 Å². The SMILES string of the molecule is CCOC(=O)COc1c(Cl)cc(/C=C2\C(=O)NC(=O)N(Cc3ccco3)C2=O)cc1OC. The van der Waals surface area contributed by atoms with Crippen LogP contribution in [0, 0.1) is 0 Å². The Kier molecular flexibility index (Phi) is 7.16. The number of carbonyl (C=O) groups excluding carboxylic acids is 4. The lowest BCUT2D eigenvalue weighted by molar-refractivity contribution is -0.145. The van der Waals surface area contributed by atoms with Crippen molar-refractivity contribution in [3.63, 3.8) is 0 Å². The van der Waals surface area contributed by atoms with Crippen molar-refractivity contribution in [1.29, 1.82) is 0 Å². The summed E-state index contributed by atoms with van der Waals surface area (Å²) in [4.78, 5) is 49.6. The fourth-order valence-corrected chi connectivity index (χ4v) is 3.13. The van der Waals surface area contributed by atoms with Gasteiger partial charge in [0.25, 0.3) is 11.8 Å². The van der Waals surface area contributed by atoms with Crippen LogP contribution in [0.25, 0.3) is 6.08 Å². The van der Waals surface area contributed by atoms with E-state index in [0.717, 1.165) is 4.90 Å². The van der Waals surface area contributed by atoms with Crippen molar-refractivity contribution in [3.05, 3.63) is 52.4 Å². The lowest BCUT2D eigenvalue weighted by atomic mass is 10.1. The summed E-state index contributed by atoms with van der Waals surface area (Å²) in [5, 5.41) is 2.20. The van der Waals surface area contributed by atoms with Crippen molar-refractivity contribution >= 4 is 41.5 Å². The number of nitrogens with one attached hydrogen (secondary N) is 1. The molecule has 2 heterocycles. The van der Waals surface area contributed by atoms with Gasteiger partial charge >= 0.3 is 12.0 Å². The highest BCUT2D eigenvalue weighted by Crippen LogP contribution is 2.37. The molecule has 11 heteroatoms. The smallest absolute Gasteiger partial charge is 0.344 e. The molecule has 4 amide bonds. The third-order valence-electron chi connectivity index (χ3n) is 4.28. The van der Waals surface area contributed by atoms with Gasteiger partial charge in [-0.15, -0.1) is 0 Å². The van der Waals surface area contributed by atoms with Gasteiger partial charge in [-0.3, -0.25) is 19.8 Å². The second kappa shape index (κ2) is 10.0. The van der Waals surface area contributed by atoms with Gasteiger partial charge in [-0.1, -0.05) is 11.6 Å². The third kappa shape index (κ3) is 5.09. The van der Waals surface area contributed by atoms with E-state index in [0.29, 0.717) is 11.3 Å². The minimum atomic E-state index is -0.855. The Bertz CT molecular complexity index is 1080. The molecule has 0 aliphatic carbocycles. The molecule has 1 N–H and O–H groups in total. The largest absolute Gasteiger partial charge is 0.493 e. The Labute approximate surface area is 187 Å². The highest BCUT2D eigenvalue weighted by molar-refractivity contribution is 6.33. The number of halogens is 1. The van der Waals surface area contributed by atoms with Crippen molar-refractivity contribution in [3.8, 4) is 11.5 Å². The Balaban J connectivity index is 1.87. The summed E-state index contributed by atoms with van der Waals surface area (Å²) in [7, 11) is 1.36. The molecule has 0 atom stereocenters. The molecule has 168 valence electrons. The average molecular weight is 463 g/mol. The van der Waals surface area contributed by atoms with Crippen molar-refractivity contribution in [2.75, 3.05) is 20.3 Å². The predicted molar refractivity (Wildman–Crippen MR) is 111 cm³/mol. The minimum Gasteiger partial charge on any atom is -0.493 e. The van der Waals surface area contributed by atoms with E-state index in [2.05, 4.69) is 5.32 Å². The van der Waals surface area contributed by atoms with Crippen LogP contribution in [-0.2, 0) is 25.7 Å². The van der Waals surface area contributed by atoms with Crippen molar-refractivity contribution in [1.82, 2.24) is 10.2 Å². The standard InChI is InChI=1S/C21H19ClN2O8/c1-3-30-17(25)11-32-18-15(22)8-12(9-16(18)29-2)7-14-19(26)23-21(28)24(20(14)27)10-13-5-4-6-31-13/h4-9H,3,10-11H2,1-2H3,(H,23,26,28)/b14-7+. The fourth-order valence-electron chi connectivity index (χ4n) is 2.86. The van der Waals surface area contributed by atoms with E-state index < -0.39 is 23.8 Å². The van der Waals surface area contributed by atoms with Gasteiger partial charge in [0.15, 0.2) is 18.1 Å². The number of rotatable bonds is 8. The zero-order valence-electron chi connectivity index (χ0n) is 17.2. The molecule has 1 aromatic heterocycles. The second-order valence-corrected chi connectivity index (χ2v) is 6.82. The molecule has 2 aromatic rings. The maximum atomic E-state index is 12.8. The number of imide groups is 2. The van der Waals surface area contributed by atoms with E-state index in [1.165, 1.54) is 31.6 Å². The quantitative estimate of drug-likeness (QED) is 0.360. The highest BCUT2D eigenvalue weighted by atomic mass is 35.5. The van der Waals surface area contributed by atoms with Gasteiger partial charge in [0.2, 0.25) is 0 Å². The van der Waals surface area contributed by atoms with Gasteiger partial charge in [0.1, 0.15) is 11.3 Å². The molecular formula is C21H19ClN2O8. The number of esters is 1. The Morgan fingerprint density at radius 1 is 1.28 bits per heavy atom. The number of urea groups is 1. The van der Waals surface area contributed by atoms with E-state index in [9.17, 15) is 19.2 Å². The van der Waals surface area contributed by atoms with Gasteiger partial charge in [0, 0.05) is 0 Å². The predicted octanol–water partition coefficient (Wildman–Crippen LogP) is 2.55. The maximum absolute atomic E-state index is 12.8. The molecule has 0 saturated carbocycles. The number of carbonyl (C=O) groups is 4. The number of ether oxygens (including phenoxy) is 3. The molecule has 1 aromatic carbocycles. The van der Waals surface area contributed by atoms with Crippen LogP contribution in [0.15, 0.2) is 40.5 Å². The lowest BCUT2D eigenvalue weighted by Gasteiger charge is -2.25. The first-order chi connectivity index (χ1) is 15.3. The molecule has 1 fully saturated rings. The maximum Gasteiger partial charge on any atom is 0.344 e. The number of furan rings is 1. The number of hydrogen-bond acceptors (Lipinski definition) is 8. The zero-order valence-corrected chi connectivity index (χ0v) is 17.9. The molecule has 0 spiro atoms. The van der Waals surface area contributed by atoms with Crippen LogP contribution >= 0.6 is 11.6 Å². The number of hydrogen-bond donors (Lipinski definition) is 1. The monoisotopic (exact) mass is 462 g/mol. The first-order valence-corrected chi connectivity index (χ1v) is 9.79. The van der Waals surface area contributed by atoms with Crippen LogP contribution in [0.2, 0.25) is 5.02 Å². The van der Waals surface area contributed by atoms with Gasteiger partial charge in [-0.25, -0.2) is 9.59 Å². The topological polar surface area (TPSA) is 124 Å². The lowest BCUT2D eigenvalue weighted by Crippen LogP contribution is -2.53. The second-order valence-electron chi connectivity index (χ2n) is 6.42. The van der Waals surface area contributed by atoms with Crippen LogP contribution in [-0.4, -0.2) is 49.0 Å². The Hall–Kier alpha value is -3.79. The van der Waals surface area contributed by atoms with E-state index in [1.54, 1.807) is 19.1 Å². The summed E-state index contributed by atoms with van der Waals surface area (Å²) in [6.45, 7) is 1.34. The number of benzene rings is 1. The van der Waals surface area contributed by atoms with Crippen LogP contribution in [0.5, 0.6) is 11.5 Å². The fraction of sp³-hybridized carbons (Fsp3) is 0.238. The van der Waals surface area contributed by atoms with Crippen molar-refractivity contribution < 1.29 is 37.8 Å². The number of amides is 4. The molecule has 0 unspecified atom stereocenters. The molecule has 1 aliphatic rings. The first-order valence-electron chi connectivity index (χ1n) is 9.41. The first kappa shape index (κ1) is 22.9. The van der Waals surface area contributed by atoms with Gasteiger partial charge in [-0.05, 0) is 42.8 Å². The average Bonchev–Trinajstić information content (AvgIpc) is 3.26. The summed E-state index contributed by atoms with van der Waals surface area (Å²) in [5.41, 5.74) is 0.0515. The third-order valence-corrected chi connectivity index (χ3v) is 4.56. The van der Waals surface area contributed by atoms with Gasteiger partial charge < -0.3 is 18.6 Å². The molecule has 1 saturated heterocycles. The molecule has 1 aliphatic heterocycles. The van der Waals surface area contributed by atoms with Crippen molar-refractivity contribution in [2.45, 2.75) is 13.5 Å². The summed E-state index contributed by atoms with van der Waals surface area (Å²) in [6.07, 6.45) is 2.67. The van der Waals surface area contributed by atoms with E-state index in [4.69, 9.17) is 30.2 Å². The molecule has 0 bridgehead atoms. The van der Waals surface area contributed by atoms with E-state index in [1.807, 2.05) is 0 Å². The molecule has 10 nitrogen and oxygen atoms in total. The summed E-state index contributed by atoms with van der Waals surface area (Å²) in [5.74, 6) is -1.60. The Morgan fingerprint density at radius 2 is 2.06 bits per heavy atom. The van der Waals surface area contributed by atoms with Crippen molar-refractivity contribution in [2.24, 2.45) is 0 Å². The summed E-state index contributed by atoms with van der Waals surface area (Å²) in [6, 6.07) is 5.24. The van der Waals surface area contributed by atoms with E-state index in [-0.39, 0.29) is 41.9 Å². The summed E-state index contributed by atoms with van der Waals surface area (Å²) < 4.78 is 20.6. The van der Waals surface area contributed by atoms with Crippen LogP contribution in [0.1, 0.15) is 18.2 Å².